The molecule has 0 aliphatic heterocycles. The summed E-state index contributed by atoms with van der Waals surface area (Å²) in [6, 6.07) is 0. The standard InChI is InChI=1S/C30H52O4S3/c1-8-9-10-11-12-13-14-15-16-17-20-36-30(35)37-28(29(32)34-7)24(4)18-19-26(21-23(2)3)25(5)22-27(31)33-6/h18,22-23,26,28H,8-17,19-21H2,1-7H3/b24-18+,25-22?/t26?,28-/m1/s1. The summed E-state index contributed by atoms with van der Waals surface area (Å²) in [7, 11) is 2.82. The third-order valence-electron chi connectivity index (χ3n) is 6.43. The van der Waals surface area contributed by atoms with Crippen molar-refractivity contribution in [2.45, 2.75) is 117 Å². The maximum atomic E-state index is 12.6. The van der Waals surface area contributed by atoms with E-state index in [1.54, 1.807) is 17.8 Å². The summed E-state index contributed by atoms with van der Waals surface area (Å²) < 4.78 is 10.7. The Morgan fingerprint density at radius 2 is 1.43 bits per heavy atom. The largest absolute Gasteiger partial charge is 0.468 e. The van der Waals surface area contributed by atoms with Crippen LogP contribution in [0, 0.1) is 11.8 Å². The number of carbonyl (C=O) groups excluding carboxylic acids is 2. The number of allylic oxidation sites excluding steroid dienone is 2. The number of thiocarbonyl (C=S) groups is 1. The molecule has 0 aliphatic rings. The molecule has 0 amide bonds. The van der Waals surface area contributed by atoms with Crippen molar-refractivity contribution >= 4 is 51.2 Å². The topological polar surface area (TPSA) is 52.6 Å². The monoisotopic (exact) mass is 572 g/mol. The summed E-state index contributed by atoms with van der Waals surface area (Å²) in [6.45, 7) is 10.5. The lowest BCUT2D eigenvalue weighted by atomic mass is 9.87. The lowest BCUT2D eigenvalue weighted by Crippen LogP contribution is -2.21. The van der Waals surface area contributed by atoms with Crippen LogP contribution in [0.1, 0.15) is 112 Å². The third-order valence-corrected chi connectivity index (χ3v) is 9.44. The highest BCUT2D eigenvalue weighted by atomic mass is 32.2. The lowest BCUT2D eigenvalue weighted by molar-refractivity contribution is -0.139. The number of hydrogen-bond donors (Lipinski definition) is 0. The minimum atomic E-state index is -0.442. The van der Waals surface area contributed by atoms with E-state index < -0.39 is 5.25 Å². The molecule has 7 heteroatoms. The van der Waals surface area contributed by atoms with E-state index in [1.807, 2.05) is 13.8 Å². The fourth-order valence-electron chi connectivity index (χ4n) is 4.14. The molecule has 0 fully saturated rings. The Bertz CT molecular complexity index is 716. The molecule has 0 heterocycles. The lowest BCUT2D eigenvalue weighted by Gasteiger charge is -2.20. The zero-order chi connectivity index (χ0) is 28.1. The molecule has 0 aromatic rings. The van der Waals surface area contributed by atoms with Crippen LogP contribution in [0.5, 0.6) is 0 Å². The van der Waals surface area contributed by atoms with Gasteiger partial charge in [-0.05, 0) is 50.7 Å². The molecule has 2 atom stereocenters. The Morgan fingerprint density at radius 3 is 1.95 bits per heavy atom. The second-order valence-electron chi connectivity index (χ2n) is 10.2. The van der Waals surface area contributed by atoms with E-state index in [0.29, 0.717) is 5.92 Å². The molecule has 1 unspecified atom stereocenters. The summed E-state index contributed by atoms with van der Waals surface area (Å²) in [5, 5.41) is -0.442. The Morgan fingerprint density at radius 1 is 0.865 bits per heavy atom. The van der Waals surface area contributed by atoms with E-state index in [4.69, 9.17) is 21.7 Å². The van der Waals surface area contributed by atoms with Gasteiger partial charge in [0.05, 0.1) is 14.2 Å². The van der Waals surface area contributed by atoms with E-state index in [0.717, 1.165) is 39.7 Å². The van der Waals surface area contributed by atoms with Crippen molar-refractivity contribution < 1.29 is 19.1 Å². The molecule has 37 heavy (non-hydrogen) atoms. The van der Waals surface area contributed by atoms with Crippen LogP contribution in [0.2, 0.25) is 0 Å². The van der Waals surface area contributed by atoms with Gasteiger partial charge in [0.15, 0.2) is 0 Å². The number of carbonyl (C=O) groups is 2. The van der Waals surface area contributed by atoms with Gasteiger partial charge >= 0.3 is 11.9 Å². The Hall–Kier alpha value is -0.790. The van der Waals surface area contributed by atoms with Gasteiger partial charge in [-0.25, -0.2) is 4.79 Å². The molecule has 0 radical (unpaired) electrons. The Balaban J connectivity index is 4.72. The van der Waals surface area contributed by atoms with E-state index >= 15 is 0 Å². The average molecular weight is 573 g/mol. The molecule has 214 valence electrons. The summed E-state index contributed by atoms with van der Waals surface area (Å²) >= 11 is 8.70. The highest BCUT2D eigenvalue weighted by Gasteiger charge is 2.24. The van der Waals surface area contributed by atoms with E-state index in [2.05, 4.69) is 26.8 Å². The summed E-state index contributed by atoms with van der Waals surface area (Å²) in [6.07, 6.45) is 18.6. The molecular weight excluding hydrogens is 521 g/mol. The summed E-state index contributed by atoms with van der Waals surface area (Å²) in [4.78, 5) is 24.3. The Kier molecular flexibility index (Phi) is 22.6. The smallest absolute Gasteiger partial charge is 0.330 e. The van der Waals surface area contributed by atoms with Gasteiger partial charge in [-0.3, -0.25) is 4.79 Å². The minimum Gasteiger partial charge on any atom is -0.468 e. The third kappa shape index (κ3) is 19.0. The Labute approximate surface area is 241 Å². The van der Waals surface area contributed by atoms with Gasteiger partial charge < -0.3 is 9.47 Å². The highest BCUT2D eigenvalue weighted by molar-refractivity contribution is 8.47. The predicted octanol–water partition coefficient (Wildman–Crippen LogP) is 9.32. The molecule has 0 aliphatic carbocycles. The molecule has 0 saturated carbocycles. The molecule has 0 aromatic carbocycles. The van der Waals surface area contributed by atoms with Gasteiger partial charge in [0, 0.05) is 6.08 Å². The predicted molar refractivity (Wildman–Crippen MR) is 167 cm³/mol. The van der Waals surface area contributed by atoms with Gasteiger partial charge in [0.25, 0.3) is 0 Å². The molecule has 0 N–H and O–H groups in total. The van der Waals surface area contributed by atoms with Crippen LogP contribution in [-0.2, 0) is 19.1 Å². The highest BCUT2D eigenvalue weighted by Crippen LogP contribution is 2.31. The van der Waals surface area contributed by atoms with E-state index in [-0.39, 0.29) is 17.9 Å². The number of methoxy groups -OCH3 is 2. The summed E-state index contributed by atoms with van der Waals surface area (Å²) in [5.41, 5.74) is 1.94. The molecule has 0 aromatic heterocycles. The van der Waals surface area contributed by atoms with Crippen LogP contribution in [0.3, 0.4) is 0 Å². The SMILES string of the molecule is CCCCCCCCCCCCSC(=S)S[C@@H](C(=O)OC)/C(C)=C/CC(CC(C)C)C(C)=CC(=O)OC. The van der Waals surface area contributed by atoms with Gasteiger partial charge in [0.2, 0.25) is 0 Å². The van der Waals surface area contributed by atoms with Crippen molar-refractivity contribution in [3.63, 3.8) is 0 Å². The van der Waals surface area contributed by atoms with Crippen LogP contribution >= 0.6 is 35.7 Å². The molecule has 0 saturated heterocycles. The molecule has 4 nitrogen and oxygen atoms in total. The van der Waals surface area contributed by atoms with Crippen molar-refractivity contribution in [3.05, 3.63) is 23.3 Å². The normalized spacial score (nSPS) is 13.9. The minimum absolute atomic E-state index is 0.204. The number of unbranched alkanes of at least 4 members (excludes halogenated alkanes) is 9. The van der Waals surface area contributed by atoms with Crippen molar-refractivity contribution in [2.24, 2.45) is 11.8 Å². The average Bonchev–Trinajstić information content (AvgIpc) is 2.87. The van der Waals surface area contributed by atoms with E-state index in [9.17, 15) is 9.59 Å². The molecule has 0 rings (SSSR count). The van der Waals surface area contributed by atoms with E-state index in [1.165, 1.54) is 83.8 Å². The summed E-state index contributed by atoms with van der Waals surface area (Å²) in [5.74, 6) is 1.07. The molecule has 0 spiro atoms. The van der Waals surface area contributed by atoms with Crippen LogP contribution in [0.25, 0.3) is 0 Å². The van der Waals surface area contributed by atoms with Crippen LogP contribution in [0.4, 0.5) is 0 Å². The first-order valence-electron chi connectivity index (χ1n) is 14.0. The zero-order valence-electron chi connectivity index (χ0n) is 24.4. The maximum Gasteiger partial charge on any atom is 0.330 e. The maximum absolute atomic E-state index is 12.6. The van der Waals surface area contributed by atoms with Crippen LogP contribution < -0.4 is 0 Å². The van der Waals surface area contributed by atoms with Gasteiger partial charge in [-0.2, -0.15) is 0 Å². The molecule has 0 bridgehead atoms. The molecular formula is C30H52O4S3. The fourth-order valence-corrected chi connectivity index (χ4v) is 6.68. The first-order valence-corrected chi connectivity index (χ1v) is 16.3. The van der Waals surface area contributed by atoms with Crippen molar-refractivity contribution in [3.8, 4) is 0 Å². The van der Waals surface area contributed by atoms with Gasteiger partial charge in [-0.1, -0.05) is 120 Å². The number of thioether (sulfide) groups is 2. The quantitative estimate of drug-likeness (QED) is 0.0473. The second kappa shape index (κ2) is 23.1. The number of rotatable bonds is 20. The first-order chi connectivity index (χ1) is 17.7. The number of ether oxygens (including phenoxy) is 2. The number of esters is 2. The zero-order valence-corrected chi connectivity index (χ0v) is 26.9. The van der Waals surface area contributed by atoms with Gasteiger partial charge in [-0.15, -0.1) is 11.8 Å². The van der Waals surface area contributed by atoms with Gasteiger partial charge in [0.1, 0.15) is 8.78 Å². The first kappa shape index (κ1) is 36.2. The van der Waals surface area contributed by atoms with Crippen LogP contribution in [0.15, 0.2) is 23.3 Å². The van der Waals surface area contributed by atoms with Crippen LogP contribution in [-0.4, -0.2) is 40.7 Å². The fraction of sp³-hybridized carbons (Fsp3) is 0.767. The number of hydrogen-bond acceptors (Lipinski definition) is 7. The second-order valence-corrected chi connectivity index (χ2v) is 13.6. The van der Waals surface area contributed by atoms with Crippen molar-refractivity contribution in [1.82, 2.24) is 0 Å². The van der Waals surface area contributed by atoms with Crippen molar-refractivity contribution in [2.75, 3.05) is 20.0 Å². The van der Waals surface area contributed by atoms with Crippen molar-refractivity contribution in [1.29, 1.82) is 0 Å².